The first kappa shape index (κ1) is 76.2. The summed E-state index contributed by atoms with van der Waals surface area (Å²) in [5.41, 5.74) is 23.3. The molecule has 0 N–H and O–H groups in total. The highest BCUT2D eigenvalue weighted by Crippen LogP contribution is 2.45. The Kier molecular flexibility index (Phi) is 18.5. The lowest BCUT2D eigenvalue weighted by molar-refractivity contribution is 0.668. The van der Waals surface area contributed by atoms with Crippen LogP contribution < -0.4 is 0 Å². The molecule has 27 rings (SSSR count). The second kappa shape index (κ2) is 32.0. The molecule has 0 spiro atoms. The Bertz CT molecular complexity index is 9150. The quantitative estimate of drug-likeness (QED) is 0.114. The Hall–Kier alpha value is -18.2. The lowest BCUT2D eigenvalue weighted by Gasteiger charge is -2.10. The first-order chi connectivity index (χ1) is 65.5. The summed E-state index contributed by atoms with van der Waals surface area (Å²) in [6.07, 6.45) is 0. The molecular formula is C117H72N12O3. The van der Waals surface area contributed by atoms with Crippen LogP contribution in [-0.4, -0.2) is 58.6 Å². The molecule has 0 aliphatic heterocycles. The van der Waals surface area contributed by atoms with Crippen molar-refractivity contribution in [3.63, 3.8) is 0 Å². The van der Waals surface area contributed by atoms with Crippen LogP contribution in [0.5, 0.6) is 0 Å². The van der Waals surface area contributed by atoms with Gasteiger partial charge in [-0.1, -0.05) is 309 Å². The van der Waals surface area contributed by atoms with Crippen molar-refractivity contribution in [1.29, 1.82) is 0 Å². The zero-order chi connectivity index (χ0) is 87.1. The van der Waals surface area contributed by atoms with Crippen molar-refractivity contribution in [2.24, 2.45) is 0 Å². The van der Waals surface area contributed by atoms with Gasteiger partial charge in [-0.3, -0.25) is 0 Å². The summed E-state index contributed by atoms with van der Waals surface area (Å²) in [6.45, 7) is 0. The van der Waals surface area contributed by atoms with Gasteiger partial charge in [-0.25, -0.2) is 44.9 Å². The monoisotopic (exact) mass is 1690 g/mol. The van der Waals surface area contributed by atoms with Crippen LogP contribution in [0, 0.1) is 0 Å². The van der Waals surface area contributed by atoms with Crippen molar-refractivity contribution >= 4 is 131 Å². The average molecular weight is 1690 g/mol. The third-order valence-electron chi connectivity index (χ3n) is 24.8. The minimum Gasteiger partial charge on any atom is -0.456 e. The lowest BCUT2D eigenvalue weighted by atomic mass is 10.0. The van der Waals surface area contributed by atoms with E-state index in [0.29, 0.717) is 52.4 Å². The number of rotatable bonds is 12. The van der Waals surface area contributed by atoms with Crippen LogP contribution in [0.1, 0.15) is 0 Å². The van der Waals surface area contributed by atoms with E-state index in [1.165, 1.54) is 0 Å². The summed E-state index contributed by atoms with van der Waals surface area (Å²) in [6, 6.07) is 149. The summed E-state index contributed by atoms with van der Waals surface area (Å²) in [5, 5.41) is 13.1. The van der Waals surface area contributed by atoms with Gasteiger partial charge in [-0.15, -0.1) is 0 Å². The van der Waals surface area contributed by atoms with Crippen LogP contribution in [0.4, 0.5) is 0 Å². The van der Waals surface area contributed by atoms with E-state index >= 15 is 0 Å². The molecule has 18 aromatic carbocycles. The minimum atomic E-state index is 0.572. The molecule has 15 nitrogen and oxygen atoms in total. The summed E-state index contributed by atoms with van der Waals surface area (Å²) >= 11 is 0. The van der Waals surface area contributed by atoms with Crippen LogP contribution in [0.3, 0.4) is 0 Å². The molecule has 0 unspecified atom stereocenters. The average Bonchev–Trinajstić information content (AvgIpc) is 1.59. The molecule has 15 heteroatoms. The lowest BCUT2D eigenvalue weighted by Crippen LogP contribution is -2.00. The minimum absolute atomic E-state index is 0.572. The Morgan fingerprint density at radius 1 is 0.152 bits per heavy atom. The van der Waals surface area contributed by atoms with Gasteiger partial charge in [-0.05, 0) is 127 Å². The fourth-order valence-electron chi connectivity index (χ4n) is 18.9. The Balaban J connectivity index is 0.000000106. The van der Waals surface area contributed by atoms with E-state index in [4.69, 9.17) is 58.1 Å². The standard InChI is InChI=1S/3C39H24N4O/c1-3-13-25(14-4-1)37-40-38(42-39(41-37)31-21-11-19-28-27-17-8-10-24-34(27)44-36(28)31)30-20-12-23-33-35(30)29-18-7-9-22-32(29)43(33)26-15-5-2-6-16-26;1-3-12-25(13-4-1)37-40-38(26-22-23-29-28-16-8-10-21-34(28)44-35(29)24-26)42-39(41-37)31-18-11-20-33-36(31)30-17-7-9-19-32(30)43(33)27-14-5-2-6-15-27;1-3-12-25(13-4-1)37-40-38(26-22-23-35-31(24-26)28-16-8-10-21-34(28)44-35)42-39(41-37)30-18-11-20-33-36(30)29-17-7-9-19-32(29)43(33)27-14-5-2-6-15-27/h3*1-24H. The van der Waals surface area contributed by atoms with Crippen molar-refractivity contribution in [1.82, 2.24) is 58.6 Å². The van der Waals surface area contributed by atoms with Gasteiger partial charge < -0.3 is 27.0 Å². The molecule has 0 aliphatic carbocycles. The smallest absolute Gasteiger partial charge is 0.167 e. The summed E-state index contributed by atoms with van der Waals surface area (Å²) in [4.78, 5) is 45.7. The predicted molar refractivity (Wildman–Crippen MR) is 533 cm³/mol. The molecule has 618 valence electrons. The van der Waals surface area contributed by atoms with E-state index < -0.39 is 0 Å². The topological polar surface area (TPSA) is 170 Å². The molecule has 0 amide bonds. The Labute approximate surface area is 754 Å². The Morgan fingerprint density at radius 3 is 0.841 bits per heavy atom. The SMILES string of the molecule is c1ccc(-c2nc(-c3ccc4c(c3)oc3ccccc34)nc(-c3cccc4c3c3ccccc3n4-c3ccccc3)n2)cc1.c1ccc(-c2nc(-c3ccc4oc5ccccc5c4c3)nc(-c3cccc4c3c3ccccc3n4-c3ccccc3)n2)cc1.c1ccc(-c2nc(-c3cccc4c3oc3ccccc34)nc(-c3cccc4c3c3ccccc3n4-c3ccccc3)n2)cc1. The van der Waals surface area contributed by atoms with Crippen molar-refractivity contribution < 1.29 is 13.3 Å². The number of para-hydroxylation sites is 10. The van der Waals surface area contributed by atoms with E-state index in [9.17, 15) is 0 Å². The van der Waals surface area contributed by atoms with E-state index in [0.717, 1.165) is 198 Å². The van der Waals surface area contributed by atoms with E-state index in [2.05, 4.69) is 256 Å². The van der Waals surface area contributed by atoms with Gasteiger partial charge in [0.1, 0.15) is 33.5 Å². The van der Waals surface area contributed by atoms with Crippen LogP contribution in [0.15, 0.2) is 450 Å². The second-order valence-electron chi connectivity index (χ2n) is 32.6. The van der Waals surface area contributed by atoms with E-state index in [1.54, 1.807) is 0 Å². The molecule has 0 bridgehead atoms. The molecule has 0 fully saturated rings. The number of hydrogen-bond acceptors (Lipinski definition) is 12. The Morgan fingerprint density at radius 2 is 0.417 bits per heavy atom. The number of aromatic nitrogens is 12. The van der Waals surface area contributed by atoms with Gasteiger partial charge >= 0.3 is 0 Å². The number of furan rings is 3. The highest BCUT2D eigenvalue weighted by Gasteiger charge is 2.27. The maximum atomic E-state index is 6.41. The third-order valence-corrected chi connectivity index (χ3v) is 24.8. The van der Waals surface area contributed by atoms with Gasteiger partial charge in [0.2, 0.25) is 0 Å². The van der Waals surface area contributed by atoms with Crippen LogP contribution in [0.2, 0.25) is 0 Å². The summed E-state index contributed by atoms with van der Waals surface area (Å²) < 4.78 is 25.7. The molecule has 27 aromatic rings. The molecule has 0 saturated carbocycles. The molecule has 0 atom stereocenters. The fraction of sp³-hybridized carbons (Fsp3) is 0. The summed E-state index contributed by atoms with van der Waals surface area (Å²) in [5.74, 6) is 5.52. The maximum Gasteiger partial charge on any atom is 0.167 e. The molecule has 9 aromatic heterocycles. The molecule has 0 radical (unpaired) electrons. The van der Waals surface area contributed by atoms with Gasteiger partial charge in [0.05, 0.1) is 38.7 Å². The number of nitrogens with zero attached hydrogens (tertiary/aromatic N) is 12. The zero-order valence-electron chi connectivity index (χ0n) is 70.7. The van der Waals surface area contributed by atoms with Crippen molar-refractivity contribution in [3.05, 3.63) is 437 Å². The molecule has 0 saturated heterocycles. The van der Waals surface area contributed by atoms with Crippen LogP contribution >= 0.6 is 0 Å². The van der Waals surface area contributed by atoms with Crippen LogP contribution in [-0.2, 0) is 0 Å². The van der Waals surface area contributed by atoms with Gasteiger partial charge in [0, 0.05) is 126 Å². The number of fused-ring (bicyclic) bond motifs is 18. The van der Waals surface area contributed by atoms with E-state index in [1.807, 2.05) is 194 Å². The third kappa shape index (κ3) is 13.3. The van der Waals surface area contributed by atoms with Crippen LogP contribution in [0.25, 0.3) is 251 Å². The van der Waals surface area contributed by atoms with Gasteiger partial charge in [0.15, 0.2) is 52.4 Å². The van der Waals surface area contributed by atoms with Gasteiger partial charge in [-0.2, -0.15) is 0 Å². The van der Waals surface area contributed by atoms with Crippen molar-refractivity contribution in [2.75, 3.05) is 0 Å². The molecule has 132 heavy (non-hydrogen) atoms. The highest BCUT2D eigenvalue weighted by atomic mass is 16.3. The summed E-state index contributed by atoms with van der Waals surface area (Å²) in [7, 11) is 0. The molecule has 0 aliphatic rings. The largest absolute Gasteiger partial charge is 0.456 e. The van der Waals surface area contributed by atoms with E-state index in [-0.39, 0.29) is 0 Å². The fourth-order valence-corrected chi connectivity index (χ4v) is 18.9. The second-order valence-corrected chi connectivity index (χ2v) is 32.6. The molecule has 9 heterocycles. The maximum absolute atomic E-state index is 6.41. The predicted octanol–water partition coefficient (Wildman–Crippen LogP) is 29.6. The highest BCUT2D eigenvalue weighted by molar-refractivity contribution is 6.19. The van der Waals surface area contributed by atoms with Crippen molar-refractivity contribution in [2.45, 2.75) is 0 Å². The first-order valence-corrected chi connectivity index (χ1v) is 43.9. The number of hydrogen-bond donors (Lipinski definition) is 0. The number of benzene rings is 18. The normalized spacial score (nSPS) is 11.6. The zero-order valence-corrected chi connectivity index (χ0v) is 70.7. The first-order valence-electron chi connectivity index (χ1n) is 43.9. The van der Waals surface area contributed by atoms with Gasteiger partial charge in [0.25, 0.3) is 0 Å². The van der Waals surface area contributed by atoms with Crippen molar-refractivity contribution in [3.8, 4) is 120 Å². The molecular weight excluding hydrogens is 1620 g/mol.